The number of benzene rings is 1. The molecule has 5 heteroatoms. The molecule has 1 heterocycles. The third kappa shape index (κ3) is 2.67. The van der Waals surface area contributed by atoms with Crippen LogP contribution < -0.4 is 5.73 Å². The molecule has 3 rings (SSSR count). The number of nitrogens with zero attached hydrogens (tertiary/aromatic N) is 1. The van der Waals surface area contributed by atoms with Gasteiger partial charge in [0.2, 0.25) is 0 Å². The lowest BCUT2D eigenvalue weighted by molar-refractivity contribution is 0.0736. The molecular formula is C15H15FN2OS. The lowest BCUT2D eigenvalue weighted by Crippen LogP contribution is -2.32. The summed E-state index contributed by atoms with van der Waals surface area (Å²) < 4.78 is 12.9. The molecule has 0 bridgehead atoms. The molecule has 0 radical (unpaired) electrons. The van der Waals surface area contributed by atoms with E-state index in [-0.39, 0.29) is 17.8 Å². The summed E-state index contributed by atoms with van der Waals surface area (Å²) in [5.41, 5.74) is 7.29. The molecule has 1 fully saturated rings. The molecule has 0 unspecified atom stereocenters. The van der Waals surface area contributed by atoms with Crippen molar-refractivity contribution in [3.63, 3.8) is 0 Å². The highest BCUT2D eigenvalue weighted by molar-refractivity contribution is 7.12. The van der Waals surface area contributed by atoms with Crippen molar-refractivity contribution in [2.75, 3.05) is 5.73 Å². The number of amides is 1. The van der Waals surface area contributed by atoms with Crippen LogP contribution in [0.1, 0.15) is 28.1 Å². The molecule has 1 saturated carbocycles. The van der Waals surface area contributed by atoms with Crippen molar-refractivity contribution >= 4 is 22.9 Å². The van der Waals surface area contributed by atoms with E-state index in [1.165, 1.54) is 23.5 Å². The Labute approximate surface area is 120 Å². The van der Waals surface area contributed by atoms with E-state index in [0.717, 1.165) is 18.4 Å². The first-order chi connectivity index (χ1) is 9.65. The number of halogens is 1. The van der Waals surface area contributed by atoms with Crippen LogP contribution in [0, 0.1) is 5.82 Å². The molecule has 1 aliphatic rings. The van der Waals surface area contributed by atoms with Gasteiger partial charge >= 0.3 is 0 Å². The van der Waals surface area contributed by atoms with Crippen molar-refractivity contribution in [2.24, 2.45) is 0 Å². The normalized spacial score (nSPS) is 14.2. The Balaban J connectivity index is 1.81. The van der Waals surface area contributed by atoms with E-state index >= 15 is 0 Å². The highest BCUT2D eigenvalue weighted by Crippen LogP contribution is 2.32. The molecule has 2 aromatic rings. The zero-order valence-corrected chi connectivity index (χ0v) is 11.7. The second kappa shape index (κ2) is 5.25. The van der Waals surface area contributed by atoms with Crippen LogP contribution in [0.25, 0.3) is 0 Å². The van der Waals surface area contributed by atoms with E-state index in [0.29, 0.717) is 17.1 Å². The fourth-order valence-electron chi connectivity index (χ4n) is 2.16. The third-order valence-electron chi connectivity index (χ3n) is 3.40. The molecule has 0 aliphatic heterocycles. The smallest absolute Gasteiger partial charge is 0.266 e. The third-order valence-corrected chi connectivity index (χ3v) is 4.32. The minimum atomic E-state index is -0.263. The number of anilines is 1. The van der Waals surface area contributed by atoms with Crippen molar-refractivity contribution in [3.8, 4) is 0 Å². The quantitative estimate of drug-likeness (QED) is 0.939. The SMILES string of the molecule is Nc1ccsc1C(=O)N(Cc1ccc(F)cc1)C1CC1. The first-order valence-electron chi connectivity index (χ1n) is 6.53. The number of nitrogen functional groups attached to an aromatic ring is 1. The summed E-state index contributed by atoms with van der Waals surface area (Å²) in [6, 6.07) is 8.32. The molecule has 0 atom stereocenters. The Kier molecular flexibility index (Phi) is 3.44. The molecule has 1 aromatic heterocycles. The fraction of sp³-hybridized carbons (Fsp3) is 0.267. The van der Waals surface area contributed by atoms with Gasteiger partial charge in [0.25, 0.3) is 5.91 Å². The van der Waals surface area contributed by atoms with Crippen molar-refractivity contribution in [2.45, 2.75) is 25.4 Å². The summed E-state index contributed by atoms with van der Waals surface area (Å²) >= 11 is 1.37. The van der Waals surface area contributed by atoms with Gasteiger partial charge in [-0.1, -0.05) is 12.1 Å². The van der Waals surface area contributed by atoms with Crippen molar-refractivity contribution in [1.29, 1.82) is 0 Å². The van der Waals surface area contributed by atoms with Crippen LogP contribution in [-0.2, 0) is 6.54 Å². The lowest BCUT2D eigenvalue weighted by Gasteiger charge is -2.22. The molecular weight excluding hydrogens is 275 g/mol. The zero-order chi connectivity index (χ0) is 14.1. The van der Waals surface area contributed by atoms with Gasteiger partial charge in [-0.25, -0.2) is 4.39 Å². The van der Waals surface area contributed by atoms with Gasteiger partial charge in [-0.3, -0.25) is 4.79 Å². The zero-order valence-electron chi connectivity index (χ0n) is 10.9. The first-order valence-corrected chi connectivity index (χ1v) is 7.41. The molecule has 1 aromatic carbocycles. The van der Waals surface area contributed by atoms with E-state index in [1.54, 1.807) is 18.2 Å². The standard InChI is InChI=1S/C15H15FN2OS/c16-11-3-1-10(2-4-11)9-18(12-5-6-12)15(19)14-13(17)7-8-20-14/h1-4,7-8,12H,5-6,9,17H2. The minimum absolute atomic E-state index is 0.0238. The van der Waals surface area contributed by atoms with Gasteiger partial charge in [0.15, 0.2) is 0 Å². The predicted molar refractivity (Wildman–Crippen MR) is 78.0 cm³/mol. The van der Waals surface area contributed by atoms with Gasteiger partial charge in [-0.2, -0.15) is 0 Å². The maximum atomic E-state index is 12.9. The molecule has 0 spiro atoms. The lowest BCUT2D eigenvalue weighted by atomic mass is 10.2. The number of rotatable bonds is 4. The Morgan fingerprint density at radius 1 is 1.30 bits per heavy atom. The number of nitrogens with two attached hydrogens (primary N) is 1. The molecule has 2 N–H and O–H groups in total. The maximum absolute atomic E-state index is 12.9. The van der Waals surface area contributed by atoms with Gasteiger partial charge in [-0.05, 0) is 42.0 Å². The second-order valence-electron chi connectivity index (χ2n) is 5.00. The van der Waals surface area contributed by atoms with Crippen LogP contribution in [-0.4, -0.2) is 16.8 Å². The van der Waals surface area contributed by atoms with Crippen LogP contribution in [0.15, 0.2) is 35.7 Å². The average Bonchev–Trinajstić information content (AvgIpc) is 3.19. The van der Waals surface area contributed by atoms with E-state index < -0.39 is 0 Å². The van der Waals surface area contributed by atoms with Crippen LogP contribution >= 0.6 is 11.3 Å². The number of carbonyl (C=O) groups is 1. The summed E-state index contributed by atoms with van der Waals surface area (Å²) in [6.45, 7) is 0.501. The summed E-state index contributed by atoms with van der Waals surface area (Å²) in [5.74, 6) is -0.287. The molecule has 0 saturated heterocycles. The molecule has 104 valence electrons. The first kappa shape index (κ1) is 13.1. The summed E-state index contributed by atoms with van der Waals surface area (Å²) in [5, 5.41) is 1.82. The summed E-state index contributed by atoms with van der Waals surface area (Å²) in [6.07, 6.45) is 2.05. The van der Waals surface area contributed by atoms with Gasteiger partial charge < -0.3 is 10.6 Å². The summed E-state index contributed by atoms with van der Waals surface area (Å²) in [4.78, 5) is 15.0. The largest absolute Gasteiger partial charge is 0.397 e. The Morgan fingerprint density at radius 3 is 2.55 bits per heavy atom. The number of thiophene rings is 1. The van der Waals surface area contributed by atoms with E-state index in [9.17, 15) is 9.18 Å². The number of hydrogen-bond donors (Lipinski definition) is 1. The Hall–Kier alpha value is -1.88. The summed E-state index contributed by atoms with van der Waals surface area (Å²) in [7, 11) is 0. The number of carbonyl (C=O) groups excluding carboxylic acids is 1. The molecule has 1 amide bonds. The number of hydrogen-bond acceptors (Lipinski definition) is 3. The van der Waals surface area contributed by atoms with E-state index in [1.807, 2.05) is 10.3 Å². The van der Waals surface area contributed by atoms with Crippen LogP contribution in [0.5, 0.6) is 0 Å². The van der Waals surface area contributed by atoms with Crippen LogP contribution in [0.2, 0.25) is 0 Å². The highest BCUT2D eigenvalue weighted by atomic mass is 32.1. The molecule has 20 heavy (non-hydrogen) atoms. The van der Waals surface area contributed by atoms with Crippen molar-refractivity contribution in [3.05, 3.63) is 52.0 Å². The monoisotopic (exact) mass is 290 g/mol. The average molecular weight is 290 g/mol. The van der Waals surface area contributed by atoms with Gasteiger partial charge in [0, 0.05) is 12.6 Å². The van der Waals surface area contributed by atoms with Crippen molar-refractivity contribution in [1.82, 2.24) is 4.90 Å². The van der Waals surface area contributed by atoms with Crippen molar-refractivity contribution < 1.29 is 9.18 Å². The van der Waals surface area contributed by atoms with E-state index in [2.05, 4.69) is 0 Å². The van der Waals surface area contributed by atoms with Gasteiger partial charge in [0.05, 0.1) is 5.69 Å². The maximum Gasteiger partial charge on any atom is 0.266 e. The predicted octanol–water partition coefficient (Wildman–Crippen LogP) is 3.27. The Bertz CT molecular complexity index is 619. The second-order valence-corrected chi connectivity index (χ2v) is 5.91. The van der Waals surface area contributed by atoms with E-state index in [4.69, 9.17) is 5.73 Å². The topological polar surface area (TPSA) is 46.3 Å². The highest BCUT2D eigenvalue weighted by Gasteiger charge is 2.34. The molecule has 1 aliphatic carbocycles. The van der Waals surface area contributed by atoms with Crippen LogP contribution in [0.4, 0.5) is 10.1 Å². The Morgan fingerprint density at radius 2 is 2.00 bits per heavy atom. The molecule has 3 nitrogen and oxygen atoms in total. The minimum Gasteiger partial charge on any atom is -0.397 e. The fourth-order valence-corrected chi connectivity index (χ4v) is 2.94. The van der Waals surface area contributed by atoms with Crippen LogP contribution in [0.3, 0.4) is 0 Å². The van der Waals surface area contributed by atoms with Gasteiger partial charge in [-0.15, -0.1) is 11.3 Å². The van der Waals surface area contributed by atoms with Gasteiger partial charge in [0.1, 0.15) is 10.7 Å².